The standard InChI is InChI=1S/C21H18N2O2S/c1-25-13-12-23-18-8-4-5-9-19(18)26-21(23)22-20(24)17-11-10-15-6-2-3-7-16(15)14-17/h2-11,14H,12-13H2,1H3/b22-21-. The second-order valence-corrected chi connectivity index (χ2v) is 6.98. The van der Waals surface area contributed by atoms with E-state index in [-0.39, 0.29) is 5.91 Å². The summed E-state index contributed by atoms with van der Waals surface area (Å²) in [7, 11) is 1.67. The van der Waals surface area contributed by atoms with E-state index in [1.807, 2.05) is 71.3 Å². The lowest BCUT2D eigenvalue weighted by molar-refractivity contribution is 0.0997. The van der Waals surface area contributed by atoms with Crippen LogP contribution in [-0.4, -0.2) is 24.2 Å². The summed E-state index contributed by atoms with van der Waals surface area (Å²) in [5.41, 5.74) is 1.67. The van der Waals surface area contributed by atoms with Crippen molar-refractivity contribution < 1.29 is 9.53 Å². The van der Waals surface area contributed by atoms with E-state index in [2.05, 4.69) is 4.99 Å². The highest BCUT2D eigenvalue weighted by atomic mass is 32.1. The molecule has 0 saturated carbocycles. The maximum absolute atomic E-state index is 12.8. The minimum absolute atomic E-state index is 0.228. The molecule has 0 unspecified atom stereocenters. The maximum atomic E-state index is 12.8. The zero-order chi connectivity index (χ0) is 17.9. The van der Waals surface area contributed by atoms with Crippen LogP contribution in [0.5, 0.6) is 0 Å². The largest absolute Gasteiger partial charge is 0.383 e. The average molecular weight is 362 g/mol. The summed E-state index contributed by atoms with van der Waals surface area (Å²) in [5.74, 6) is -0.228. The third kappa shape index (κ3) is 3.19. The number of fused-ring (bicyclic) bond motifs is 2. The van der Waals surface area contributed by atoms with Crippen LogP contribution in [0.4, 0.5) is 0 Å². The van der Waals surface area contributed by atoms with Gasteiger partial charge in [-0.05, 0) is 35.0 Å². The fourth-order valence-electron chi connectivity index (χ4n) is 2.98. The Bertz CT molecular complexity index is 1160. The highest BCUT2D eigenvalue weighted by Gasteiger charge is 2.09. The van der Waals surface area contributed by atoms with Gasteiger partial charge in [0.25, 0.3) is 5.91 Å². The zero-order valence-corrected chi connectivity index (χ0v) is 15.2. The van der Waals surface area contributed by atoms with E-state index in [0.29, 0.717) is 23.5 Å². The van der Waals surface area contributed by atoms with Crippen LogP contribution in [0, 0.1) is 0 Å². The second kappa shape index (κ2) is 7.23. The van der Waals surface area contributed by atoms with Gasteiger partial charge in [-0.3, -0.25) is 4.79 Å². The van der Waals surface area contributed by atoms with E-state index >= 15 is 0 Å². The Kier molecular flexibility index (Phi) is 4.65. The molecule has 0 radical (unpaired) electrons. The predicted molar refractivity (Wildman–Crippen MR) is 106 cm³/mol. The van der Waals surface area contributed by atoms with Crippen molar-refractivity contribution in [3.05, 3.63) is 77.1 Å². The molecule has 4 aromatic rings. The van der Waals surface area contributed by atoms with E-state index in [0.717, 1.165) is 21.0 Å². The van der Waals surface area contributed by atoms with E-state index in [9.17, 15) is 4.79 Å². The van der Waals surface area contributed by atoms with Crippen LogP contribution in [0.3, 0.4) is 0 Å². The van der Waals surface area contributed by atoms with Crippen LogP contribution >= 0.6 is 11.3 Å². The van der Waals surface area contributed by atoms with Crippen molar-refractivity contribution in [1.29, 1.82) is 0 Å². The summed E-state index contributed by atoms with van der Waals surface area (Å²) in [6.07, 6.45) is 0. The molecule has 5 heteroatoms. The van der Waals surface area contributed by atoms with Gasteiger partial charge in [0.15, 0.2) is 4.80 Å². The number of ether oxygens (including phenoxy) is 1. The predicted octanol–water partition coefficient (Wildman–Crippen LogP) is 4.24. The maximum Gasteiger partial charge on any atom is 0.279 e. The summed E-state index contributed by atoms with van der Waals surface area (Å²) < 4.78 is 8.36. The Morgan fingerprint density at radius 2 is 1.81 bits per heavy atom. The molecule has 0 aliphatic rings. The van der Waals surface area contributed by atoms with Gasteiger partial charge in [-0.15, -0.1) is 0 Å². The van der Waals surface area contributed by atoms with Gasteiger partial charge < -0.3 is 9.30 Å². The summed E-state index contributed by atoms with van der Waals surface area (Å²) >= 11 is 1.52. The number of rotatable bonds is 4. The highest BCUT2D eigenvalue weighted by molar-refractivity contribution is 7.16. The Hall–Kier alpha value is -2.76. The lowest BCUT2D eigenvalue weighted by atomic mass is 10.1. The van der Waals surface area contributed by atoms with Crippen molar-refractivity contribution in [3.8, 4) is 0 Å². The van der Waals surface area contributed by atoms with Crippen LogP contribution in [-0.2, 0) is 11.3 Å². The molecule has 0 aliphatic heterocycles. The van der Waals surface area contributed by atoms with Crippen LogP contribution in [0.2, 0.25) is 0 Å². The van der Waals surface area contributed by atoms with Gasteiger partial charge in [-0.1, -0.05) is 53.8 Å². The Morgan fingerprint density at radius 3 is 2.65 bits per heavy atom. The van der Waals surface area contributed by atoms with Crippen molar-refractivity contribution in [2.24, 2.45) is 4.99 Å². The summed E-state index contributed by atoms with van der Waals surface area (Å²) in [6, 6.07) is 21.8. The van der Waals surface area contributed by atoms with Crippen molar-refractivity contribution in [2.75, 3.05) is 13.7 Å². The molecule has 0 aliphatic carbocycles. The molecule has 1 amide bonds. The Balaban J connectivity index is 1.79. The van der Waals surface area contributed by atoms with Crippen LogP contribution < -0.4 is 4.80 Å². The lowest BCUT2D eigenvalue weighted by Crippen LogP contribution is -2.19. The van der Waals surface area contributed by atoms with Gasteiger partial charge in [-0.25, -0.2) is 0 Å². The normalized spacial score (nSPS) is 12.1. The van der Waals surface area contributed by atoms with Gasteiger partial charge in [0, 0.05) is 19.2 Å². The van der Waals surface area contributed by atoms with E-state index in [1.165, 1.54) is 11.3 Å². The van der Waals surface area contributed by atoms with Crippen molar-refractivity contribution in [1.82, 2.24) is 4.57 Å². The number of carbonyl (C=O) groups is 1. The number of methoxy groups -OCH3 is 1. The molecule has 1 aromatic heterocycles. The number of thiazole rings is 1. The van der Waals surface area contributed by atoms with E-state index < -0.39 is 0 Å². The highest BCUT2D eigenvalue weighted by Crippen LogP contribution is 2.18. The van der Waals surface area contributed by atoms with Crippen LogP contribution in [0.1, 0.15) is 10.4 Å². The number of hydrogen-bond acceptors (Lipinski definition) is 3. The first kappa shape index (κ1) is 16.7. The molecule has 0 spiro atoms. The van der Waals surface area contributed by atoms with Crippen LogP contribution in [0.25, 0.3) is 21.0 Å². The summed E-state index contributed by atoms with van der Waals surface area (Å²) in [4.78, 5) is 17.9. The zero-order valence-electron chi connectivity index (χ0n) is 14.4. The number of benzene rings is 3. The van der Waals surface area contributed by atoms with E-state index in [1.54, 1.807) is 7.11 Å². The average Bonchev–Trinajstić information content (AvgIpc) is 3.02. The molecule has 4 rings (SSSR count). The third-order valence-corrected chi connectivity index (χ3v) is 5.36. The number of aromatic nitrogens is 1. The first-order valence-electron chi connectivity index (χ1n) is 8.41. The Labute approximate surface area is 155 Å². The lowest BCUT2D eigenvalue weighted by Gasteiger charge is -2.04. The molecule has 0 fully saturated rings. The molecule has 26 heavy (non-hydrogen) atoms. The van der Waals surface area contributed by atoms with Gasteiger partial charge in [0.1, 0.15) is 0 Å². The fraction of sp³-hybridized carbons (Fsp3) is 0.143. The van der Waals surface area contributed by atoms with Crippen LogP contribution in [0.15, 0.2) is 71.7 Å². The van der Waals surface area contributed by atoms with E-state index in [4.69, 9.17) is 4.74 Å². The smallest absolute Gasteiger partial charge is 0.279 e. The minimum atomic E-state index is -0.228. The number of carbonyl (C=O) groups excluding carboxylic acids is 1. The van der Waals surface area contributed by atoms with Gasteiger partial charge >= 0.3 is 0 Å². The minimum Gasteiger partial charge on any atom is -0.383 e. The number of amides is 1. The molecule has 3 aromatic carbocycles. The van der Waals surface area contributed by atoms with Crippen molar-refractivity contribution >= 4 is 38.2 Å². The SMILES string of the molecule is COCCn1/c(=N/C(=O)c2ccc3ccccc3c2)sc2ccccc21. The molecule has 0 N–H and O–H groups in total. The molecule has 130 valence electrons. The summed E-state index contributed by atoms with van der Waals surface area (Å²) in [5, 5.41) is 2.15. The first-order valence-corrected chi connectivity index (χ1v) is 9.23. The second-order valence-electron chi connectivity index (χ2n) is 5.98. The summed E-state index contributed by atoms with van der Waals surface area (Å²) in [6.45, 7) is 1.22. The topological polar surface area (TPSA) is 43.6 Å². The van der Waals surface area contributed by atoms with Crippen molar-refractivity contribution in [2.45, 2.75) is 6.54 Å². The fourth-order valence-corrected chi connectivity index (χ4v) is 4.03. The third-order valence-electron chi connectivity index (χ3n) is 4.30. The van der Waals surface area contributed by atoms with Crippen molar-refractivity contribution in [3.63, 3.8) is 0 Å². The molecule has 1 heterocycles. The molecular formula is C21H18N2O2S. The van der Waals surface area contributed by atoms with Gasteiger partial charge in [0.2, 0.25) is 0 Å². The molecule has 0 saturated heterocycles. The first-order chi connectivity index (χ1) is 12.8. The molecule has 4 nitrogen and oxygen atoms in total. The molecule has 0 atom stereocenters. The quantitative estimate of drug-likeness (QED) is 0.545. The molecular weight excluding hydrogens is 344 g/mol. The Morgan fingerprint density at radius 1 is 1.04 bits per heavy atom. The number of nitrogens with zero attached hydrogens (tertiary/aromatic N) is 2. The van der Waals surface area contributed by atoms with Gasteiger partial charge in [-0.2, -0.15) is 4.99 Å². The monoisotopic (exact) mass is 362 g/mol. The number of para-hydroxylation sites is 1. The number of hydrogen-bond donors (Lipinski definition) is 0. The van der Waals surface area contributed by atoms with Gasteiger partial charge in [0.05, 0.1) is 16.8 Å². The molecule has 0 bridgehead atoms.